The largest absolute Gasteiger partial charge is 0.504 e. The maximum absolute atomic E-state index is 12.3. The van der Waals surface area contributed by atoms with Gasteiger partial charge in [0.05, 0.1) is 7.11 Å². The summed E-state index contributed by atoms with van der Waals surface area (Å²) in [4.78, 5) is 13.9. The summed E-state index contributed by atoms with van der Waals surface area (Å²) < 4.78 is 4.96. The summed E-state index contributed by atoms with van der Waals surface area (Å²) in [6, 6.07) is 11.9. The van der Waals surface area contributed by atoms with Gasteiger partial charge < -0.3 is 14.7 Å². The van der Waals surface area contributed by atoms with Gasteiger partial charge in [0.1, 0.15) is 0 Å². The highest BCUT2D eigenvalue weighted by Gasteiger charge is 2.14. The Balaban J connectivity index is 2.11. The number of benzene rings is 2. The van der Waals surface area contributed by atoms with E-state index in [1.165, 1.54) is 13.2 Å². The van der Waals surface area contributed by atoms with E-state index in [9.17, 15) is 9.90 Å². The molecule has 4 nitrogen and oxygen atoms in total. The third-order valence-electron chi connectivity index (χ3n) is 3.11. The summed E-state index contributed by atoms with van der Waals surface area (Å²) in [5.41, 5.74) is 1.39. The first kappa shape index (κ1) is 15.2. The van der Waals surface area contributed by atoms with E-state index < -0.39 is 0 Å². The number of amides is 1. The average molecular weight is 306 g/mol. The summed E-state index contributed by atoms with van der Waals surface area (Å²) >= 11 is 5.83. The molecule has 0 radical (unpaired) electrons. The Morgan fingerprint density at radius 3 is 2.48 bits per heavy atom. The summed E-state index contributed by atoms with van der Waals surface area (Å²) in [6.45, 7) is 0.461. The standard InChI is InChI=1S/C16H16ClNO3/c1-18(10-11-3-6-13(17)7-4-11)16(20)12-5-8-15(21-2)14(19)9-12/h3-9,19H,10H2,1-2H3. The van der Waals surface area contributed by atoms with Crippen molar-refractivity contribution < 1.29 is 14.6 Å². The van der Waals surface area contributed by atoms with Gasteiger partial charge in [0.25, 0.3) is 5.91 Å². The van der Waals surface area contributed by atoms with Gasteiger partial charge in [-0.05, 0) is 35.9 Å². The highest BCUT2D eigenvalue weighted by atomic mass is 35.5. The molecule has 5 heteroatoms. The summed E-state index contributed by atoms with van der Waals surface area (Å²) in [7, 11) is 3.17. The first-order chi connectivity index (χ1) is 10.0. The molecule has 0 saturated heterocycles. The SMILES string of the molecule is COc1ccc(C(=O)N(C)Cc2ccc(Cl)cc2)cc1O. The van der Waals surface area contributed by atoms with Crippen molar-refractivity contribution >= 4 is 17.5 Å². The van der Waals surface area contributed by atoms with Gasteiger partial charge in [-0.2, -0.15) is 0 Å². The quantitative estimate of drug-likeness (QED) is 0.942. The van der Waals surface area contributed by atoms with Crippen LogP contribution in [0.2, 0.25) is 5.02 Å². The number of aromatic hydroxyl groups is 1. The highest BCUT2D eigenvalue weighted by molar-refractivity contribution is 6.30. The van der Waals surface area contributed by atoms with Crippen LogP contribution in [0.25, 0.3) is 0 Å². The fourth-order valence-corrected chi connectivity index (χ4v) is 2.10. The van der Waals surface area contributed by atoms with E-state index in [1.54, 1.807) is 36.2 Å². The Bertz CT molecular complexity index is 640. The molecule has 2 rings (SSSR count). The lowest BCUT2D eigenvalue weighted by Crippen LogP contribution is -2.26. The van der Waals surface area contributed by atoms with E-state index in [0.717, 1.165) is 5.56 Å². The second-order valence-electron chi connectivity index (χ2n) is 4.67. The Hall–Kier alpha value is -2.20. The minimum Gasteiger partial charge on any atom is -0.504 e. The molecule has 110 valence electrons. The van der Waals surface area contributed by atoms with E-state index in [0.29, 0.717) is 22.9 Å². The van der Waals surface area contributed by atoms with Crippen molar-refractivity contribution in [2.45, 2.75) is 6.54 Å². The number of phenolic OH excluding ortho intramolecular Hbond substituents is 1. The summed E-state index contributed by atoms with van der Waals surface area (Å²) in [6.07, 6.45) is 0. The van der Waals surface area contributed by atoms with Crippen LogP contribution in [0.5, 0.6) is 11.5 Å². The van der Waals surface area contributed by atoms with E-state index in [2.05, 4.69) is 0 Å². The van der Waals surface area contributed by atoms with E-state index in [1.807, 2.05) is 12.1 Å². The van der Waals surface area contributed by atoms with Crippen molar-refractivity contribution in [1.82, 2.24) is 4.90 Å². The molecule has 0 atom stereocenters. The fraction of sp³-hybridized carbons (Fsp3) is 0.188. The Morgan fingerprint density at radius 1 is 1.24 bits per heavy atom. The Kier molecular flexibility index (Phi) is 4.70. The number of hydrogen-bond donors (Lipinski definition) is 1. The van der Waals surface area contributed by atoms with Crippen LogP contribution in [0.4, 0.5) is 0 Å². The minimum atomic E-state index is -0.178. The number of halogens is 1. The van der Waals surface area contributed by atoms with Crippen molar-refractivity contribution in [1.29, 1.82) is 0 Å². The molecular weight excluding hydrogens is 290 g/mol. The van der Waals surface area contributed by atoms with Gasteiger partial charge in [0.2, 0.25) is 0 Å². The molecule has 0 bridgehead atoms. The number of phenols is 1. The Labute approximate surface area is 128 Å². The topological polar surface area (TPSA) is 49.8 Å². The Morgan fingerprint density at radius 2 is 1.90 bits per heavy atom. The van der Waals surface area contributed by atoms with Crippen LogP contribution in [0, 0.1) is 0 Å². The number of hydrogen-bond acceptors (Lipinski definition) is 3. The third kappa shape index (κ3) is 3.67. The van der Waals surface area contributed by atoms with Gasteiger partial charge in [0, 0.05) is 24.2 Å². The van der Waals surface area contributed by atoms with Crippen molar-refractivity contribution in [3.8, 4) is 11.5 Å². The van der Waals surface area contributed by atoms with E-state index in [4.69, 9.17) is 16.3 Å². The van der Waals surface area contributed by atoms with E-state index in [-0.39, 0.29) is 11.7 Å². The van der Waals surface area contributed by atoms with Gasteiger partial charge in [-0.3, -0.25) is 4.79 Å². The molecule has 0 spiro atoms. The monoisotopic (exact) mass is 305 g/mol. The van der Waals surface area contributed by atoms with Crippen LogP contribution in [-0.4, -0.2) is 30.1 Å². The van der Waals surface area contributed by atoms with Crippen molar-refractivity contribution in [3.05, 3.63) is 58.6 Å². The molecule has 0 aliphatic carbocycles. The zero-order chi connectivity index (χ0) is 15.4. The molecular formula is C16H16ClNO3. The van der Waals surface area contributed by atoms with Crippen LogP contribution < -0.4 is 4.74 Å². The number of carbonyl (C=O) groups excluding carboxylic acids is 1. The molecule has 0 heterocycles. The molecule has 1 amide bonds. The van der Waals surface area contributed by atoms with Crippen molar-refractivity contribution in [2.24, 2.45) is 0 Å². The predicted octanol–water partition coefficient (Wildman–Crippen LogP) is 3.33. The molecule has 2 aromatic rings. The van der Waals surface area contributed by atoms with Crippen molar-refractivity contribution in [3.63, 3.8) is 0 Å². The van der Waals surface area contributed by atoms with Crippen LogP contribution in [0.3, 0.4) is 0 Å². The maximum atomic E-state index is 12.3. The lowest BCUT2D eigenvalue weighted by molar-refractivity contribution is 0.0784. The second-order valence-corrected chi connectivity index (χ2v) is 5.11. The van der Waals surface area contributed by atoms with Crippen LogP contribution >= 0.6 is 11.6 Å². The van der Waals surface area contributed by atoms with Crippen molar-refractivity contribution in [2.75, 3.05) is 14.2 Å². The lowest BCUT2D eigenvalue weighted by atomic mass is 10.1. The molecule has 0 aliphatic heterocycles. The molecule has 0 saturated carbocycles. The van der Waals surface area contributed by atoms with Crippen LogP contribution in [0.1, 0.15) is 15.9 Å². The zero-order valence-electron chi connectivity index (χ0n) is 11.8. The van der Waals surface area contributed by atoms with Gasteiger partial charge in [-0.15, -0.1) is 0 Å². The molecule has 0 aliphatic rings. The number of ether oxygens (including phenoxy) is 1. The van der Waals surface area contributed by atoms with Crippen LogP contribution in [0.15, 0.2) is 42.5 Å². The molecule has 21 heavy (non-hydrogen) atoms. The molecule has 2 aromatic carbocycles. The van der Waals surface area contributed by atoms with Gasteiger partial charge in [0.15, 0.2) is 11.5 Å². The smallest absolute Gasteiger partial charge is 0.254 e. The maximum Gasteiger partial charge on any atom is 0.254 e. The first-order valence-electron chi connectivity index (χ1n) is 6.38. The van der Waals surface area contributed by atoms with Gasteiger partial charge in [-0.25, -0.2) is 0 Å². The highest BCUT2D eigenvalue weighted by Crippen LogP contribution is 2.26. The predicted molar refractivity (Wildman–Crippen MR) is 81.9 cm³/mol. The number of methoxy groups -OCH3 is 1. The number of carbonyl (C=O) groups is 1. The molecule has 0 unspecified atom stereocenters. The molecule has 1 N–H and O–H groups in total. The second kappa shape index (κ2) is 6.50. The third-order valence-corrected chi connectivity index (χ3v) is 3.36. The fourth-order valence-electron chi connectivity index (χ4n) is 1.98. The molecule has 0 aromatic heterocycles. The average Bonchev–Trinajstić information content (AvgIpc) is 2.48. The number of rotatable bonds is 4. The number of nitrogens with zero attached hydrogens (tertiary/aromatic N) is 1. The van der Waals surface area contributed by atoms with Gasteiger partial charge >= 0.3 is 0 Å². The van der Waals surface area contributed by atoms with Crippen LogP contribution in [-0.2, 0) is 6.54 Å². The zero-order valence-corrected chi connectivity index (χ0v) is 12.6. The van der Waals surface area contributed by atoms with Gasteiger partial charge in [-0.1, -0.05) is 23.7 Å². The molecule has 0 fully saturated rings. The van der Waals surface area contributed by atoms with E-state index >= 15 is 0 Å². The first-order valence-corrected chi connectivity index (χ1v) is 6.76. The summed E-state index contributed by atoms with van der Waals surface area (Å²) in [5.74, 6) is 0.109. The normalized spacial score (nSPS) is 10.2. The minimum absolute atomic E-state index is 0.0526. The summed E-state index contributed by atoms with van der Waals surface area (Å²) in [5, 5.41) is 10.4. The lowest BCUT2D eigenvalue weighted by Gasteiger charge is -2.18.